The number of hydrogen-bond donors (Lipinski definition) is 1. The van der Waals surface area contributed by atoms with Crippen LogP contribution >= 0.6 is 0 Å². The second kappa shape index (κ2) is 28.5. The number of rotatable bonds is 19. The van der Waals surface area contributed by atoms with E-state index in [4.69, 9.17) is 28.9 Å². The predicted molar refractivity (Wildman–Crippen MR) is 386 cm³/mol. The van der Waals surface area contributed by atoms with E-state index < -0.39 is 58.0 Å². The van der Waals surface area contributed by atoms with Crippen molar-refractivity contribution in [1.82, 2.24) is 44.1 Å². The maximum atomic E-state index is 18.5. The van der Waals surface area contributed by atoms with E-state index in [2.05, 4.69) is 122 Å². The average Bonchev–Trinajstić information content (AvgIpc) is 1.04. The van der Waals surface area contributed by atoms with Crippen molar-refractivity contribution in [3.05, 3.63) is 81.9 Å². The van der Waals surface area contributed by atoms with Gasteiger partial charge in [-0.1, -0.05) is 101 Å². The van der Waals surface area contributed by atoms with Gasteiger partial charge in [-0.05, 0) is 170 Å². The Bertz CT molecular complexity index is 4130. The van der Waals surface area contributed by atoms with Crippen molar-refractivity contribution in [2.45, 2.75) is 223 Å². The van der Waals surface area contributed by atoms with Crippen LogP contribution in [0.15, 0.2) is 53.5 Å². The smallest absolute Gasteiger partial charge is 0.409 e. The molecule has 3 aromatic heterocycles. The molecule has 1 unspecified atom stereocenters. The third-order valence-electron chi connectivity index (χ3n) is 23.9. The molecule has 17 nitrogen and oxygen atoms in total. The molecule has 23 heteroatoms. The van der Waals surface area contributed by atoms with E-state index in [0.717, 1.165) is 83.1 Å². The third-order valence-corrected chi connectivity index (χ3v) is 36.2. The standard InChI is InChI=1S/C76H102F4N10O7Si2/c1-46(2)98(47(3)4,48(5)6)37-27-58-61(77)18-16-55-38-57(97-99(49(7)8,50(9)10)51(11)12)40-59(66(55)58)68-67(78)69-60(41-81-68)70(88-31-15-29-76(79,80)44-88)84-72(83-69)96-45-75-28-14-32-89(75)56(22-30-75)43-95-74(94)87-35-23-52(24-36-87)42-86-33-25-53(26-34-86)54-17-19-62-64(39-54)85(13)73(93)90(62)63-20-21-65(91)82-71(63)92/h16-19,38-41,46-53,56,63H,14-15,20-26,28-36,42-45H2,1-13H3,(H,82,91,92)/t56-,63?,75-/m0/s1. The highest BCUT2D eigenvalue weighted by molar-refractivity contribution is 6.90. The van der Waals surface area contributed by atoms with E-state index >= 15 is 17.6 Å². The second-order valence-corrected chi connectivity index (χ2v) is 42.4. The molecule has 6 fully saturated rings. The summed E-state index contributed by atoms with van der Waals surface area (Å²) in [6, 6.07) is 12.0. The summed E-state index contributed by atoms with van der Waals surface area (Å²) in [5.41, 5.74) is 7.17. The van der Waals surface area contributed by atoms with Gasteiger partial charge in [-0.25, -0.2) is 27.2 Å². The van der Waals surface area contributed by atoms with Gasteiger partial charge in [0.1, 0.15) is 55.9 Å². The predicted octanol–water partition coefficient (Wildman–Crippen LogP) is 15.2. The Hall–Kier alpha value is -6.88. The van der Waals surface area contributed by atoms with Gasteiger partial charge in [0.2, 0.25) is 11.8 Å². The summed E-state index contributed by atoms with van der Waals surface area (Å²) < 4.78 is 89.6. The number of carbonyl (C=O) groups is 3. The molecule has 6 aromatic rings. The molecule has 0 bridgehead atoms. The number of fused-ring (bicyclic) bond motifs is 4. The summed E-state index contributed by atoms with van der Waals surface area (Å²) in [4.78, 5) is 74.6. The lowest BCUT2D eigenvalue weighted by atomic mass is 9.88. The minimum Gasteiger partial charge on any atom is -0.543 e. The van der Waals surface area contributed by atoms with Gasteiger partial charge in [0.05, 0.1) is 34.1 Å². The number of nitrogens with zero attached hydrogens (tertiary/aromatic N) is 9. The van der Waals surface area contributed by atoms with Crippen LogP contribution in [0, 0.1) is 29.0 Å². The van der Waals surface area contributed by atoms with Crippen LogP contribution < -0.4 is 25.1 Å². The number of alkyl halides is 2. The maximum Gasteiger partial charge on any atom is 0.409 e. The van der Waals surface area contributed by atoms with Crippen LogP contribution in [0.3, 0.4) is 0 Å². The first-order valence-corrected chi connectivity index (χ1v) is 41.0. The molecule has 0 radical (unpaired) electrons. The number of nitrogens with one attached hydrogen (secondary N) is 1. The summed E-state index contributed by atoms with van der Waals surface area (Å²) >= 11 is 0. The van der Waals surface area contributed by atoms with Crippen molar-refractivity contribution >= 4 is 72.8 Å². The lowest BCUT2D eigenvalue weighted by Crippen LogP contribution is -2.50. The van der Waals surface area contributed by atoms with Gasteiger partial charge in [0.15, 0.2) is 5.82 Å². The summed E-state index contributed by atoms with van der Waals surface area (Å²) in [6.45, 7) is 31.2. The molecular formula is C76H102F4N10O7Si2. The Labute approximate surface area is 582 Å². The molecule has 6 aliphatic heterocycles. The van der Waals surface area contributed by atoms with Crippen LogP contribution in [0.5, 0.6) is 11.8 Å². The fourth-order valence-electron chi connectivity index (χ4n) is 18.8. The number of likely N-dealkylation sites (tertiary alicyclic amines) is 2. The topological polar surface area (TPSA) is 169 Å². The number of anilines is 1. The van der Waals surface area contributed by atoms with Gasteiger partial charge in [0, 0.05) is 69.3 Å². The first-order chi connectivity index (χ1) is 47.1. The molecule has 1 N–H and O–H groups in total. The number of halogens is 4. The third kappa shape index (κ3) is 13.7. The SMILES string of the molecule is CC(C)[Si](C#Cc1c(F)ccc2cc(O[Si](C(C)C)(C(C)C)C(C)C)cc(-c3ncc4c(N5CCCC(F)(F)C5)nc(OC[C@@]56CCCN5[C@H](COC(=O)N5CCC(CN7CCC(c8ccc9c(c8)n(C)c(=O)n9C8CCC(=O)NC8=O)CC7)CC5)CC6)nc4c3F)c12)(C(C)C)C(C)C. The summed E-state index contributed by atoms with van der Waals surface area (Å²) in [5, 5.41) is 3.54. The molecule has 3 aromatic carbocycles. The van der Waals surface area contributed by atoms with E-state index in [9.17, 15) is 19.2 Å². The molecule has 0 aliphatic carbocycles. The van der Waals surface area contributed by atoms with Gasteiger partial charge in [-0.15, -0.1) is 5.54 Å². The normalized spacial score (nSPS) is 21.7. The van der Waals surface area contributed by atoms with Crippen LogP contribution in [0.4, 0.5) is 28.2 Å². The molecule has 12 rings (SSSR count). The summed E-state index contributed by atoms with van der Waals surface area (Å²) in [6.07, 6.45) is 8.41. The Kier molecular flexibility index (Phi) is 20.7. The maximum absolute atomic E-state index is 18.5. The fraction of sp³-hybridized carbons (Fsp3) is 0.618. The number of ether oxygens (including phenoxy) is 2. The molecule has 0 saturated carbocycles. The van der Waals surface area contributed by atoms with Crippen molar-refractivity contribution in [3.8, 4) is 34.5 Å². The quantitative estimate of drug-likeness (QED) is 0.0352. The van der Waals surface area contributed by atoms with Crippen LogP contribution in [-0.4, -0.2) is 156 Å². The Morgan fingerprint density at radius 3 is 2.13 bits per heavy atom. The molecule has 99 heavy (non-hydrogen) atoms. The minimum atomic E-state index is -3.03. The first kappa shape index (κ1) is 71.9. The van der Waals surface area contributed by atoms with Crippen molar-refractivity contribution in [1.29, 1.82) is 0 Å². The van der Waals surface area contributed by atoms with Crippen LogP contribution in [0.1, 0.15) is 183 Å². The number of hydrogen-bond acceptors (Lipinski definition) is 13. The lowest BCUT2D eigenvalue weighted by molar-refractivity contribution is -0.135. The lowest BCUT2D eigenvalue weighted by Gasteiger charge is -2.42. The van der Waals surface area contributed by atoms with Gasteiger partial charge < -0.3 is 28.6 Å². The van der Waals surface area contributed by atoms with Gasteiger partial charge in [-0.2, -0.15) is 9.97 Å². The van der Waals surface area contributed by atoms with Crippen molar-refractivity contribution in [2.75, 3.05) is 70.5 Å². The average molecular weight is 1400 g/mol. The molecular weight excluding hydrogens is 1300 g/mol. The second-order valence-electron chi connectivity index (χ2n) is 31.5. The number of benzene rings is 3. The fourth-order valence-corrected chi connectivity index (χ4v) is 29.3. The van der Waals surface area contributed by atoms with Gasteiger partial charge >= 0.3 is 17.8 Å². The first-order valence-electron chi connectivity index (χ1n) is 36.6. The minimum absolute atomic E-state index is 0.0636. The van der Waals surface area contributed by atoms with E-state index in [1.54, 1.807) is 23.7 Å². The monoisotopic (exact) mass is 1400 g/mol. The van der Waals surface area contributed by atoms with Crippen LogP contribution in [0.25, 0.3) is 44.0 Å². The summed E-state index contributed by atoms with van der Waals surface area (Å²) in [7, 11) is -3.31. The largest absolute Gasteiger partial charge is 0.543 e. The zero-order valence-electron chi connectivity index (χ0n) is 60.3. The van der Waals surface area contributed by atoms with Crippen molar-refractivity contribution in [3.63, 3.8) is 0 Å². The van der Waals surface area contributed by atoms with E-state index in [1.165, 1.54) is 27.3 Å². The summed E-state index contributed by atoms with van der Waals surface area (Å²) in [5.74, 6) is -0.368. The number of aryl methyl sites for hydroxylation is 1. The molecule has 3 atom stereocenters. The Balaban J connectivity index is 0.746. The van der Waals surface area contributed by atoms with Gasteiger partial charge in [0.25, 0.3) is 14.2 Å². The number of pyridine rings is 1. The zero-order valence-corrected chi connectivity index (χ0v) is 62.3. The molecule has 534 valence electrons. The number of imide groups is 1. The van der Waals surface area contributed by atoms with Crippen LogP contribution in [0.2, 0.25) is 33.2 Å². The van der Waals surface area contributed by atoms with E-state index in [0.29, 0.717) is 53.4 Å². The van der Waals surface area contributed by atoms with E-state index in [1.807, 2.05) is 17.0 Å². The highest BCUT2D eigenvalue weighted by atomic mass is 28.4. The van der Waals surface area contributed by atoms with Gasteiger partial charge in [-0.3, -0.25) is 33.9 Å². The molecule has 3 amide bonds. The number of piperidine rings is 4. The van der Waals surface area contributed by atoms with Crippen molar-refractivity contribution < 1.29 is 45.8 Å². The van der Waals surface area contributed by atoms with E-state index in [-0.39, 0.29) is 136 Å². The Morgan fingerprint density at radius 1 is 0.768 bits per heavy atom. The molecule has 6 aliphatic rings. The number of carbonyl (C=O) groups excluding carboxylic acids is 3. The highest BCUT2D eigenvalue weighted by Gasteiger charge is 2.51. The molecule has 0 spiro atoms. The molecule has 9 heterocycles. The van der Waals surface area contributed by atoms with Crippen molar-refractivity contribution in [2.24, 2.45) is 13.0 Å². The highest BCUT2D eigenvalue weighted by Crippen LogP contribution is 2.48. The number of imidazole rings is 1. The zero-order chi connectivity index (χ0) is 70.8. The number of amides is 3. The number of aromatic nitrogens is 5. The molecule has 6 saturated heterocycles. The van der Waals surface area contributed by atoms with Crippen LogP contribution in [-0.2, 0) is 21.4 Å². The Morgan fingerprint density at radius 2 is 1.46 bits per heavy atom.